The first-order valence-electron chi connectivity index (χ1n) is 5.53. The molecule has 0 unspecified atom stereocenters. The molecule has 0 saturated heterocycles. The van der Waals surface area contributed by atoms with E-state index in [1.54, 1.807) is 24.5 Å². The van der Waals surface area contributed by atoms with Crippen molar-refractivity contribution in [1.82, 2.24) is 15.2 Å². The Hall–Kier alpha value is -2.76. The molecule has 6 heteroatoms. The van der Waals surface area contributed by atoms with Gasteiger partial charge in [-0.1, -0.05) is 0 Å². The summed E-state index contributed by atoms with van der Waals surface area (Å²) in [7, 11) is 0. The van der Waals surface area contributed by atoms with Gasteiger partial charge in [0.2, 0.25) is 11.8 Å². The van der Waals surface area contributed by atoms with Crippen LogP contribution in [0, 0.1) is 5.82 Å². The predicted octanol–water partition coefficient (Wildman–Crippen LogP) is 2.52. The van der Waals surface area contributed by atoms with E-state index in [-0.39, 0.29) is 5.89 Å². The van der Waals surface area contributed by atoms with Crippen LogP contribution in [-0.2, 0) is 0 Å². The largest absolute Gasteiger partial charge is 0.416 e. The maximum absolute atomic E-state index is 13.2. The average molecular weight is 256 g/mol. The zero-order chi connectivity index (χ0) is 13.2. The number of pyridine rings is 1. The molecule has 0 saturated carbocycles. The zero-order valence-corrected chi connectivity index (χ0v) is 9.75. The Labute approximate surface area is 107 Å². The van der Waals surface area contributed by atoms with E-state index < -0.39 is 5.82 Å². The van der Waals surface area contributed by atoms with Crippen molar-refractivity contribution in [2.45, 2.75) is 0 Å². The fraction of sp³-hybridized carbons (Fsp3) is 0. The lowest BCUT2D eigenvalue weighted by Crippen LogP contribution is -1.91. The highest BCUT2D eigenvalue weighted by molar-refractivity contribution is 5.70. The van der Waals surface area contributed by atoms with Gasteiger partial charge in [0.1, 0.15) is 5.82 Å². The van der Waals surface area contributed by atoms with Gasteiger partial charge in [0.05, 0.1) is 5.56 Å². The number of anilines is 1. The van der Waals surface area contributed by atoms with Crippen LogP contribution in [0.15, 0.2) is 47.1 Å². The number of nitrogens with zero attached hydrogens (tertiary/aromatic N) is 3. The fourth-order valence-corrected chi connectivity index (χ4v) is 1.66. The molecule has 1 aromatic carbocycles. The lowest BCUT2D eigenvalue weighted by Gasteiger charge is -2.00. The normalized spacial score (nSPS) is 10.6. The number of nitrogen functional groups attached to an aromatic ring is 1. The van der Waals surface area contributed by atoms with Crippen molar-refractivity contribution in [2.24, 2.45) is 0 Å². The Morgan fingerprint density at radius 1 is 1.00 bits per heavy atom. The van der Waals surface area contributed by atoms with Crippen LogP contribution in [0.25, 0.3) is 22.9 Å². The van der Waals surface area contributed by atoms with Crippen molar-refractivity contribution >= 4 is 5.69 Å². The van der Waals surface area contributed by atoms with E-state index in [4.69, 9.17) is 10.2 Å². The number of rotatable bonds is 2. The van der Waals surface area contributed by atoms with Gasteiger partial charge in [0.15, 0.2) is 0 Å². The summed E-state index contributed by atoms with van der Waals surface area (Å²) in [5, 5.41) is 7.79. The summed E-state index contributed by atoms with van der Waals surface area (Å²) in [6.07, 6.45) is 3.24. The Kier molecular flexibility index (Phi) is 2.68. The second-order valence-corrected chi connectivity index (χ2v) is 3.88. The number of nitrogens with two attached hydrogens (primary N) is 1. The van der Waals surface area contributed by atoms with Gasteiger partial charge in [-0.15, -0.1) is 10.2 Å². The van der Waals surface area contributed by atoms with Crippen molar-refractivity contribution < 1.29 is 8.81 Å². The summed E-state index contributed by atoms with van der Waals surface area (Å²) >= 11 is 0. The summed E-state index contributed by atoms with van der Waals surface area (Å²) < 4.78 is 18.7. The van der Waals surface area contributed by atoms with E-state index in [2.05, 4.69) is 15.2 Å². The zero-order valence-electron chi connectivity index (χ0n) is 9.75. The van der Waals surface area contributed by atoms with Gasteiger partial charge in [0.25, 0.3) is 0 Å². The van der Waals surface area contributed by atoms with Gasteiger partial charge in [-0.25, -0.2) is 4.39 Å². The van der Waals surface area contributed by atoms with E-state index in [9.17, 15) is 4.39 Å². The van der Waals surface area contributed by atoms with Crippen LogP contribution in [0.3, 0.4) is 0 Å². The number of aromatic nitrogens is 3. The van der Waals surface area contributed by atoms with Gasteiger partial charge >= 0.3 is 0 Å². The number of benzene rings is 1. The Balaban J connectivity index is 2.04. The molecule has 0 bridgehead atoms. The van der Waals surface area contributed by atoms with E-state index >= 15 is 0 Å². The Bertz CT molecular complexity index is 712. The second kappa shape index (κ2) is 4.49. The highest BCUT2D eigenvalue weighted by Gasteiger charge is 2.13. The van der Waals surface area contributed by atoms with Gasteiger partial charge in [-0.3, -0.25) is 4.98 Å². The van der Waals surface area contributed by atoms with Crippen molar-refractivity contribution in [3.05, 3.63) is 48.5 Å². The monoisotopic (exact) mass is 256 g/mol. The molecule has 0 aliphatic heterocycles. The first-order valence-corrected chi connectivity index (χ1v) is 5.53. The Morgan fingerprint density at radius 2 is 1.74 bits per heavy atom. The molecule has 2 aromatic heterocycles. The van der Waals surface area contributed by atoms with Gasteiger partial charge in [-0.05, 0) is 30.3 Å². The maximum Gasteiger partial charge on any atom is 0.250 e. The van der Waals surface area contributed by atoms with Gasteiger partial charge in [0, 0.05) is 23.6 Å². The minimum Gasteiger partial charge on any atom is -0.416 e. The van der Waals surface area contributed by atoms with E-state index in [1.165, 1.54) is 18.2 Å². The van der Waals surface area contributed by atoms with Gasteiger partial charge < -0.3 is 10.2 Å². The average Bonchev–Trinajstić information content (AvgIpc) is 2.92. The lowest BCUT2D eigenvalue weighted by atomic mass is 10.2. The molecule has 5 nitrogen and oxygen atoms in total. The van der Waals surface area contributed by atoms with Crippen LogP contribution in [-0.4, -0.2) is 15.2 Å². The van der Waals surface area contributed by atoms with Crippen LogP contribution < -0.4 is 5.73 Å². The summed E-state index contributed by atoms with van der Waals surface area (Å²) in [4.78, 5) is 3.90. The molecule has 0 amide bonds. The highest BCUT2D eigenvalue weighted by atomic mass is 19.1. The number of halogens is 1. The summed E-state index contributed by atoms with van der Waals surface area (Å²) in [5.41, 5.74) is 7.27. The second-order valence-electron chi connectivity index (χ2n) is 3.88. The van der Waals surface area contributed by atoms with Crippen LogP contribution in [0.4, 0.5) is 10.1 Å². The number of hydrogen-bond acceptors (Lipinski definition) is 5. The minimum absolute atomic E-state index is 0.184. The molecule has 2 heterocycles. The molecule has 0 fully saturated rings. The molecule has 0 aliphatic carbocycles. The van der Waals surface area contributed by atoms with Crippen molar-refractivity contribution in [3.8, 4) is 22.9 Å². The third kappa shape index (κ3) is 2.15. The first kappa shape index (κ1) is 11.3. The number of hydrogen-bond donors (Lipinski definition) is 1. The summed E-state index contributed by atoms with van der Waals surface area (Å²) in [6, 6.07) is 7.48. The van der Waals surface area contributed by atoms with Crippen molar-refractivity contribution in [3.63, 3.8) is 0 Å². The van der Waals surface area contributed by atoms with Crippen molar-refractivity contribution in [2.75, 3.05) is 5.73 Å². The highest BCUT2D eigenvalue weighted by Crippen LogP contribution is 2.28. The third-order valence-electron chi connectivity index (χ3n) is 2.60. The molecular weight excluding hydrogens is 247 g/mol. The fourth-order valence-electron chi connectivity index (χ4n) is 1.66. The van der Waals surface area contributed by atoms with E-state index in [0.717, 1.165) is 5.56 Å². The quantitative estimate of drug-likeness (QED) is 0.713. The van der Waals surface area contributed by atoms with Crippen LogP contribution in [0.2, 0.25) is 0 Å². The Morgan fingerprint density at radius 3 is 2.53 bits per heavy atom. The lowest BCUT2D eigenvalue weighted by molar-refractivity contribution is 0.582. The maximum atomic E-state index is 13.2. The molecule has 0 radical (unpaired) electrons. The van der Waals surface area contributed by atoms with E-state index in [1.807, 2.05) is 0 Å². The van der Waals surface area contributed by atoms with Crippen molar-refractivity contribution in [1.29, 1.82) is 0 Å². The van der Waals surface area contributed by atoms with Crippen LogP contribution in [0.1, 0.15) is 0 Å². The van der Waals surface area contributed by atoms with Crippen LogP contribution >= 0.6 is 0 Å². The first-order chi connectivity index (χ1) is 9.24. The molecule has 2 N–H and O–H groups in total. The molecule has 94 valence electrons. The SMILES string of the molecule is Nc1ccc(F)cc1-c1nnc(-c2ccncc2)o1. The van der Waals surface area contributed by atoms with Crippen LogP contribution in [0.5, 0.6) is 0 Å². The van der Waals surface area contributed by atoms with E-state index in [0.29, 0.717) is 17.1 Å². The smallest absolute Gasteiger partial charge is 0.250 e. The third-order valence-corrected chi connectivity index (χ3v) is 2.60. The molecule has 0 atom stereocenters. The predicted molar refractivity (Wildman–Crippen MR) is 67.3 cm³/mol. The summed E-state index contributed by atoms with van der Waals surface area (Å²) in [5.74, 6) is 0.109. The minimum atomic E-state index is -0.409. The molecular formula is C13H9FN4O. The molecule has 3 aromatic rings. The molecule has 0 spiro atoms. The molecule has 0 aliphatic rings. The van der Waals surface area contributed by atoms with Gasteiger partial charge in [-0.2, -0.15) is 0 Å². The summed E-state index contributed by atoms with van der Waals surface area (Å²) in [6.45, 7) is 0. The molecule has 19 heavy (non-hydrogen) atoms. The topological polar surface area (TPSA) is 77.8 Å². The standard InChI is InChI=1S/C13H9FN4O/c14-9-1-2-11(15)10(7-9)13-18-17-12(19-13)8-3-5-16-6-4-8/h1-7H,15H2. The molecule has 3 rings (SSSR count).